The molecule has 1 saturated heterocycles. The number of halogens is 2. The van der Waals surface area contributed by atoms with E-state index in [0.717, 1.165) is 28.6 Å². The summed E-state index contributed by atoms with van der Waals surface area (Å²) >= 11 is 0. The molecule has 0 unspecified atom stereocenters. The van der Waals surface area contributed by atoms with Gasteiger partial charge in [0.1, 0.15) is 17.4 Å². The summed E-state index contributed by atoms with van der Waals surface area (Å²) in [5.41, 5.74) is 3.14. The van der Waals surface area contributed by atoms with Gasteiger partial charge in [-0.25, -0.2) is 8.78 Å². The molecule has 0 saturated carbocycles. The summed E-state index contributed by atoms with van der Waals surface area (Å²) in [4.78, 5) is 15.1. The van der Waals surface area contributed by atoms with Crippen molar-refractivity contribution in [2.24, 2.45) is 5.92 Å². The Labute approximate surface area is 186 Å². The number of ether oxygens (including phenoxy) is 1. The average molecular weight is 437 g/mol. The summed E-state index contributed by atoms with van der Waals surface area (Å²) < 4.78 is 32.4. The van der Waals surface area contributed by atoms with Crippen molar-refractivity contribution in [2.75, 3.05) is 25.5 Å². The fraction of sp³-hybridized carbons (Fsp3) is 0.269. The van der Waals surface area contributed by atoms with Crippen LogP contribution in [0.1, 0.15) is 18.4 Å². The molecule has 1 aliphatic rings. The molecule has 3 aromatic rings. The SMILES string of the molecule is COc1cccc(-c2ccccc2NC(=O)C2CCN(Cc3ccc(F)cc3F)CC2)c1. The zero-order chi connectivity index (χ0) is 22.5. The third-order valence-electron chi connectivity index (χ3n) is 5.93. The lowest BCUT2D eigenvalue weighted by molar-refractivity contribution is -0.121. The maximum Gasteiger partial charge on any atom is 0.227 e. The number of amides is 1. The van der Waals surface area contributed by atoms with E-state index in [2.05, 4.69) is 10.2 Å². The van der Waals surface area contributed by atoms with E-state index < -0.39 is 11.6 Å². The van der Waals surface area contributed by atoms with Crippen LogP contribution >= 0.6 is 0 Å². The number of nitrogens with zero attached hydrogens (tertiary/aromatic N) is 1. The second kappa shape index (κ2) is 9.92. The van der Waals surface area contributed by atoms with Gasteiger partial charge in [0.25, 0.3) is 0 Å². The van der Waals surface area contributed by atoms with E-state index in [1.165, 1.54) is 12.1 Å². The van der Waals surface area contributed by atoms with Gasteiger partial charge < -0.3 is 10.1 Å². The smallest absolute Gasteiger partial charge is 0.227 e. The van der Waals surface area contributed by atoms with Gasteiger partial charge in [-0.15, -0.1) is 0 Å². The predicted octanol–water partition coefficient (Wildman–Crippen LogP) is 5.49. The zero-order valence-electron chi connectivity index (χ0n) is 18.0. The first kappa shape index (κ1) is 22.0. The Morgan fingerprint density at radius 1 is 1.03 bits per heavy atom. The minimum Gasteiger partial charge on any atom is -0.497 e. The third kappa shape index (κ3) is 5.14. The highest BCUT2D eigenvalue weighted by Crippen LogP contribution is 2.31. The molecule has 0 bridgehead atoms. The second-order valence-corrected chi connectivity index (χ2v) is 8.05. The number of rotatable bonds is 6. The second-order valence-electron chi connectivity index (χ2n) is 8.05. The Hall–Kier alpha value is -3.25. The fourth-order valence-electron chi connectivity index (χ4n) is 4.11. The molecule has 0 radical (unpaired) electrons. The van der Waals surface area contributed by atoms with Crippen LogP contribution in [0, 0.1) is 17.6 Å². The molecule has 1 heterocycles. The molecule has 4 nitrogen and oxygen atoms in total. The van der Waals surface area contributed by atoms with Gasteiger partial charge in [0.2, 0.25) is 5.91 Å². The molecular formula is C26H26F2N2O2. The number of hydrogen-bond donors (Lipinski definition) is 1. The van der Waals surface area contributed by atoms with Crippen LogP contribution in [0.3, 0.4) is 0 Å². The summed E-state index contributed by atoms with van der Waals surface area (Å²) in [5, 5.41) is 3.10. The van der Waals surface area contributed by atoms with E-state index in [4.69, 9.17) is 4.74 Å². The predicted molar refractivity (Wildman–Crippen MR) is 121 cm³/mol. The molecule has 166 valence electrons. The van der Waals surface area contributed by atoms with Crippen LogP contribution in [0.5, 0.6) is 5.75 Å². The topological polar surface area (TPSA) is 41.6 Å². The van der Waals surface area contributed by atoms with Gasteiger partial charge in [-0.2, -0.15) is 0 Å². The molecule has 1 amide bonds. The first-order valence-corrected chi connectivity index (χ1v) is 10.7. The van der Waals surface area contributed by atoms with Gasteiger partial charge in [-0.1, -0.05) is 36.4 Å². The van der Waals surface area contributed by atoms with Gasteiger partial charge in [-0.3, -0.25) is 9.69 Å². The van der Waals surface area contributed by atoms with Crippen LogP contribution in [0.25, 0.3) is 11.1 Å². The van der Waals surface area contributed by atoms with Crippen molar-refractivity contribution in [2.45, 2.75) is 19.4 Å². The van der Waals surface area contributed by atoms with E-state index in [0.29, 0.717) is 38.0 Å². The van der Waals surface area contributed by atoms with E-state index in [1.54, 1.807) is 7.11 Å². The first-order valence-electron chi connectivity index (χ1n) is 10.7. The number of anilines is 1. The van der Waals surface area contributed by atoms with Crippen LogP contribution in [0.15, 0.2) is 66.7 Å². The van der Waals surface area contributed by atoms with Crippen LogP contribution in [-0.4, -0.2) is 31.0 Å². The molecular weight excluding hydrogens is 410 g/mol. The van der Waals surface area contributed by atoms with E-state index in [9.17, 15) is 13.6 Å². The number of likely N-dealkylation sites (tertiary alicyclic amines) is 1. The first-order chi connectivity index (χ1) is 15.5. The number of benzene rings is 3. The largest absolute Gasteiger partial charge is 0.497 e. The lowest BCUT2D eigenvalue weighted by Gasteiger charge is -2.31. The third-order valence-corrected chi connectivity index (χ3v) is 5.93. The maximum atomic E-state index is 13.9. The van der Waals surface area contributed by atoms with Crippen molar-refractivity contribution in [3.8, 4) is 16.9 Å². The number of carbonyl (C=O) groups excluding carboxylic acids is 1. The summed E-state index contributed by atoms with van der Waals surface area (Å²) in [6.07, 6.45) is 1.38. The van der Waals surface area contributed by atoms with Gasteiger partial charge in [0.05, 0.1) is 7.11 Å². The number of methoxy groups -OCH3 is 1. The number of hydrogen-bond acceptors (Lipinski definition) is 3. The van der Waals surface area contributed by atoms with Crippen molar-refractivity contribution in [3.63, 3.8) is 0 Å². The summed E-state index contributed by atoms with van der Waals surface area (Å²) in [7, 11) is 1.63. The van der Waals surface area contributed by atoms with Crippen molar-refractivity contribution in [1.82, 2.24) is 4.90 Å². The Balaban J connectivity index is 1.38. The lowest BCUT2D eigenvalue weighted by atomic mass is 9.95. The molecule has 0 aliphatic carbocycles. The number of carbonyl (C=O) groups is 1. The highest BCUT2D eigenvalue weighted by atomic mass is 19.1. The van der Waals surface area contributed by atoms with Crippen molar-refractivity contribution < 1.29 is 18.3 Å². The monoisotopic (exact) mass is 436 g/mol. The average Bonchev–Trinajstić information content (AvgIpc) is 2.81. The zero-order valence-corrected chi connectivity index (χ0v) is 18.0. The number of para-hydroxylation sites is 1. The molecule has 0 aromatic heterocycles. The van der Waals surface area contributed by atoms with Crippen LogP contribution < -0.4 is 10.1 Å². The van der Waals surface area contributed by atoms with Crippen LogP contribution in [0.2, 0.25) is 0 Å². The van der Waals surface area contributed by atoms with E-state index in [1.807, 2.05) is 48.5 Å². The molecule has 3 aromatic carbocycles. The Kier molecular flexibility index (Phi) is 6.81. The minimum atomic E-state index is -0.573. The molecule has 1 aliphatic heterocycles. The Bertz CT molecular complexity index is 1090. The van der Waals surface area contributed by atoms with Crippen molar-refractivity contribution in [1.29, 1.82) is 0 Å². The van der Waals surface area contributed by atoms with Crippen LogP contribution in [0.4, 0.5) is 14.5 Å². The van der Waals surface area contributed by atoms with Gasteiger partial charge in [-0.05, 0) is 55.8 Å². The van der Waals surface area contributed by atoms with Crippen molar-refractivity contribution in [3.05, 3.63) is 83.9 Å². The summed E-state index contributed by atoms with van der Waals surface area (Å²) in [5.74, 6) is -0.459. The highest BCUT2D eigenvalue weighted by Gasteiger charge is 2.26. The maximum absolute atomic E-state index is 13.9. The molecule has 1 N–H and O–H groups in total. The summed E-state index contributed by atoms with van der Waals surface area (Å²) in [6, 6.07) is 19.1. The fourth-order valence-corrected chi connectivity index (χ4v) is 4.11. The van der Waals surface area contributed by atoms with Gasteiger partial charge in [0, 0.05) is 35.3 Å². The molecule has 6 heteroatoms. The molecule has 0 atom stereocenters. The van der Waals surface area contributed by atoms with E-state index in [-0.39, 0.29) is 11.8 Å². The Morgan fingerprint density at radius 3 is 2.56 bits per heavy atom. The number of nitrogens with one attached hydrogen (secondary N) is 1. The molecule has 4 rings (SSSR count). The van der Waals surface area contributed by atoms with Gasteiger partial charge in [0.15, 0.2) is 0 Å². The van der Waals surface area contributed by atoms with Crippen molar-refractivity contribution >= 4 is 11.6 Å². The van der Waals surface area contributed by atoms with Gasteiger partial charge >= 0.3 is 0 Å². The molecule has 1 fully saturated rings. The Morgan fingerprint density at radius 2 is 1.81 bits per heavy atom. The molecule has 0 spiro atoms. The quantitative estimate of drug-likeness (QED) is 0.556. The lowest BCUT2D eigenvalue weighted by Crippen LogP contribution is -2.38. The number of piperidine rings is 1. The van der Waals surface area contributed by atoms with Crippen LogP contribution in [-0.2, 0) is 11.3 Å². The molecule has 32 heavy (non-hydrogen) atoms. The standard InChI is InChI=1S/C26H26F2N2O2/c1-32-22-6-4-5-19(15-22)23-7-2-3-8-25(23)29-26(31)18-11-13-30(14-12-18)17-20-9-10-21(27)16-24(20)28/h2-10,15-16,18H,11-14,17H2,1H3,(H,29,31). The normalized spacial score (nSPS) is 14.8. The highest BCUT2D eigenvalue weighted by molar-refractivity contribution is 5.96. The summed E-state index contributed by atoms with van der Waals surface area (Å²) in [6.45, 7) is 1.79. The van der Waals surface area contributed by atoms with E-state index >= 15 is 0 Å². The minimum absolute atomic E-state index is 0.00652.